The van der Waals surface area contributed by atoms with Crippen molar-refractivity contribution in [3.63, 3.8) is 0 Å². The van der Waals surface area contributed by atoms with Crippen LogP contribution in [0.5, 0.6) is 0 Å². The smallest absolute Gasteiger partial charge is 0.246 e. The fourth-order valence-corrected chi connectivity index (χ4v) is 2.10. The summed E-state index contributed by atoms with van der Waals surface area (Å²) in [6.07, 6.45) is 4.21. The highest BCUT2D eigenvalue weighted by Crippen LogP contribution is 2.12. The Balaban J connectivity index is 2.47. The summed E-state index contributed by atoms with van der Waals surface area (Å²) in [7, 11) is 0. The maximum atomic E-state index is 11.9. The first-order valence-corrected chi connectivity index (χ1v) is 6.28. The normalized spacial score (nSPS) is 20.3. The minimum atomic E-state index is 0.160. The lowest BCUT2D eigenvalue weighted by atomic mass is 9.99. The SMILES string of the molecule is CCN(CC1CCCNC1)C(=O)C=C(C)C. The monoisotopic (exact) mass is 224 g/mol. The number of nitrogens with one attached hydrogen (secondary N) is 1. The first-order valence-electron chi connectivity index (χ1n) is 6.28. The molecule has 1 aliphatic heterocycles. The van der Waals surface area contributed by atoms with Crippen molar-refractivity contribution in [2.45, 2.75) is 33.6 Å². The molecule has 1 N–H and O–H groups in total. The Morgan fingerprint density at radius 1 is 1.50 bits per heavy atom. The molecule has 0 aromatic heterocycles. The van der Waals surface area contributed by atoms with Gasteiger partial charge in [0.1, 0.15) is 0 Å². The molecule has 1 fully saturated rings. The van der Waals surface area contributed by atoms with Crippen molar-refractivity contribution in [1.29, 1.82) is 0 Å². The zero-order valence-corrected chi connectivity index (χ0v) is 10.8. The fraction of sp³-hybridized carbons (Fsp3) is 0.769. The highest BCUT2D eigenvalue weighted by atomic mass is 16.2. The van der Waals surface area contributed by atoms with Gasteiger partial charge in [-0.2, -0.15) is 0 Å². The number of rotatable bonds is 4. The lowest BCUT2D eigenvalue weighted by molar-refractivity contribution is -0.126. The van der Waals surface area contributed by atoms with Crippen molar-refractivity contribution in [1.82, 2.24) is 10.2 Å². The second-order valence-electron chi connectivity index (χ2n) is 4.81. The van der Waals surface area contributed by atoms with Crippen LogP contribution < -0.4 is 5.32 Å². The highest BCUT2D eigenvalue weighted by Gasteiger charge is 2.18. The van der Waals surface area contributed by atoms with E-state index in [1.165, 1.54) is 12.8 Å². The van der Waals surface area contributed by atoms with Crippen molar-refractivity contribution in [3.05, 3.63) is 11.6 Å². The number of hydrogen-bond acceptors (Lipinski definition) is 2. The van der Waals surface area contributed by atoms with E-state index >= 15 is 0 Å². The molecule has 1 aliphatic rings. The summed E-state index contributed by atoms with van der Waals surface area (Å²) in [5.74, 6) is 0.788. The van der Waals surface area contributed by atoms with Crippen LogP contribution in [0.1, 0.15) is 33.6 Å². The average molecular weight is 224 g/mol. The van der Waals surface area contributed by atoms with Crippen molar-refractivity contribution in [3.8, 4) is 0 Å². The third-order valence-electron chi connectivity index (χ3n) is 2.98. The van der Waals surface area contributed by atoms with Gasteiger partial charge in [-0.25, -0.2) is 0 Å². The van der Waals surface area contributed by atoms with Crippen LogP contribution in [0.2, 0.25) is 0 Å². The maximum absolute atomic E-state index is 11.9. The second kappa shape index (κ2) is 6.69. The molecule has 3 nitrogen and oxygen atoms in total. The van der Waals surface area contributed by atoms with Gasteiger partial charge < -0.3 is 10.2 Å². The van der Waals surface area contributed by atoms with Crippen molar-refractivity contribution >= 4 is 5.91 Å². The maximum Gasteiger partial charge on any atom is 0.246 e. The van der Waals surface area contributed by atoms with E-state index in [-0.39, 0.29) is 5.91 Å². The van der Waals surface area contributed by atoms with Gasteiger partial charge >= 0.3 is 0 Å². The number of carbonyl (C=O) groups is 1. The molecular formula is C13H24N2O. The zero-order valence-electron chi connectivity index (χ0n) is 10.8. The molecule has 0 bridgehead atoms. The third kappa shape index (κ3) is 4.35. The van der Waals surface area contributed by atoms with Gasteiger partial charge in [0.05, 0.1) is 0 Å². The summed E-state index contributed by atoms with van der Waals surface area (Å²) in [5.41, 5.74) is 1.07. The quantitative estimate of drug-likeness (QED) is 0.739. The van der Waals surface area contributed by atoms with Crippen molar-refractivity contribution < 1.29 is 4.79 Å². The number of allylic oxidation sites excluding steroid dienone is 1. The van der Waals surface area contributed by atoms with E-state index < -0.39 is 0 Å². The lowest BCUT2D eigenvalue weighted by Gasteiger charge is -2.29. The molecule has 1 saturated heterocycles. The van der Waals surface area contributed by atoms with Crippen LogP contribution in [0.4, 0.5) is 0 Å². The molecule has 1 unspecified atom stereocenters. The number of hydrogen-bond donors (Lipinski definition) is 1. The van der Waals surface area contributed by atoms with Gasteiger partial charge in [0.2, 0.25) is 5.91 Å². The summed E-state index contributed by atoms with van der Waals surface area (Å²) in [6.45, 7) is 9.86. The highest BCUT2D eigenvalue weighted by molar-refractivity contribution is 5.88. The molecule has 92 valence electrons. The third-order valence-corrected chi connectivity index (χ3v) is 2.98. The van der Waals surface area contributed by atoms with Crippen LogP contribution in [0.15, 0.2) is 11.6 Å². The van der Waals surface area contributed by atoms with Gasteiger partial charge in [-0.15, -0.1) is 0 Å². The van der Waals surface area contributed by atoms with Crippen LogP contribution in [-0.4, -0.2) is 37.0 Å². The number of likely N-dealkylation sites (N-methyl/N-ethyl adjacent to an activating group) is 1. The molecule has 1 amide bonds. The summed E-state index contributed by atoms with van der Waals surface area (Å²) in [6, 6.07) is 0. The Labute approximate surface area is 98.9 Å². The summed E-state index contributed by atoms with van der Waals surface area (Å²) >= 11 is 0. The number of nitrogens with zero attached hydrogens (tertiary/aromatic N) is 1. The van der Waals surface area contributed by atoms with E-state index in [1.54, 1.807) is 6.08 Å². The Kier molecular flexibility index (Phi) is 5.53. The van der Waals surface area contributed by atoms with Crippen LogP contribution in [0.3, 0.4) is 0 Å². The summed E-state index contributed by atoms with van der Waals surface area (Å²) in [4.78, 5) is 13.8. The molecule has 0 aromatic rings. The van der Waals surface area contributed by atoms with Crippen LogP contribution >= 0.6 is 0 Å². The van der Waals surface area contributed by atoms with E-state index in [2.05, 4.69) is 5.32 Å². The van der Waals surface area contributed by atoms with Gasteiger partial charge in [0.25, 0.3) is 0 Å². The van der Waals surface area contributed by atoms with E-state index in [9.17, 15) is 4.79 Å². The Bertz CT molecular complexity index is 251. The van der Waals surface area contributed by atoms with Gasteiger partial charge in [0, 0.05) is 19.2 Å². The van der Waals surface area contributed by atoms with Gasteiger partial charge in [-0.05, 0) is 52.6 Å². The number of piperidine rings is 1. The predicted octanol–water partition coefficient (Wildman–Crippen LogP) is 1.80. The minimum Gasteiger partial charge on any atom is -0.339 e. The molecule has 0 aromatic carbocycles. The molecule has 16 heavy (non-hydrogen) atoms. The Morgan fingerprint density at radius 2 is 2.25 bits per heavy atom. The molecule has 0 saturated carbocycles. The molecule has 1 atom stereocenters. The molecule has 0 aliphatic carbocycles. The van der Waals surface area contributed by atoms with Crippen molar-refractivity contribution in [2.75, 3.05) is 26.2 Å². The second-order valence-corrected chi connectivity index (χ2v) is 4.81. The fourth-order valence-electron chi connectivity index (χ4n) is 2.10. The molecule has 1 rings (SSSR count). The molecule has 1 heterocycles. The van der Waals surface area contributed by atoms with E-state index in [0.717, 1.165) is 31.8 Å². The van der Waals surface area contributed by atoms with E-state index in [4.69, 9.17) is 0 Å². The predicted molar refractivity (Wildman–Crippen MR) is 67.3 cm³/mol. The average Bonchev–Trinajstić information content (AvgIpc) is 2.26. The van der Waals surface area contributed by atoms with E-state index in [0.29, 0.717) is 5.92 Å². The van der Waals surface area contributed by atoms with Gasteiger partial charge in [0.15, 0.2) is 0 Å². The summed E-state index contributed by atoms with van der Waals surface area (Å²) < 4.78 is 0. The Hall–Kier alpha value is -0.830. The number of carbonyl (C=O) groups excluding carboxylic acids is 1. The minimum absolute atomic E-state index is 0.160. The first kappa shape index (κ1) is 13.2. The van der Waals surface area contributed by atoms with E-state index in [1.807, 2.05) is 25.7 Å². The lowest BCUT2D eigenvalue weighted by Crippen LogP contribution is -2.40. The zero-order chi connectivity index (χ0) is 12.0. The van der Waals surface area contributed by atoms with Crippen LogP contribution in [0.25, 0.3) is 0 Å². The largest absolute Gasteiger partial charge is 0.339 e. The molecule has 3 heteroatoms. The topological polar surface area (TPSA) is 32.3 Å². The first-order chi connectivity index (χ1) is 7.63. The summed E-state index contributed by atoms with van der Waals surface area (Å²) in [5, 5.41) is 3.39. The Morgan fingerprint density at radius 3 is 2.75 bits per heavy atom. The molecule has 0 spiro atoms. The van der Waals surface area contributed by atoms with Gasteiger partial charge in [-0.3, -0.25) is 4.79 Å². The van der Waals surface area contributed by atoms with Gasteiger partial charge in [-0.1, -0.05) is 5.57 Å². The van der Waals surface area contributed by atoms with Crippen LogP contribution in [-0.2, 0) is 4.79 Å². The molecule has 0 radical (unpaired) electrons. The standard InChI is InChI=1S/C13H24N2O/c1-4-15(13(16)8-11(2)3)10-12-6-5-7-14-9-12/h8,12,14H,4-7,9-10H2,1-3H3. The van der Waals surface area contributed by atoms with Crippen LogP contribution in [0, 0.1) is 5.92 Å². The molecular weight excluding hydrogens is 200 g/mol. The van der Waals surface area contributed by atoms with Crippen molar-refractivity contribution in [2.24, 2.45) is 5.92 Å². The number of amides is 1.